The van der Waals surface area contributed by atoms with Crippen molar-refractivity contribution in [2.24, 2.45) is 7.05 Å². The van der Waals surface area contributed by atoms with Crippen LogP contribution in [-0.2, 0) is 23.6 Å². The molecule has 1 aromatic heterocycles. The highest BCUT2D eigenvalue weighted by Gasteiger charge is 2.16. The van der Waals surface area contributed by atoms with Crippen molar-refractivity contribution in [3.05, 3.63) is 64.1 Å². The number of hydrogen-bond acceptors (Lipinski definition) is 4. The molecular weight excluding hydrogens is 316 g/mol. The first-order valence-corrected chi connectivity index (χ1v) is 8.50. The molecule has 0 bridgehead atoms. The van der Waals surface area contributed by atoms with Gasteiger partial charge in [-0.3, -0.25) is 4.57 Å². The Bertz CT molecular complexity index is 1030. The van der Waals surface area contributed by atoms with Crippen molar-refractivity contribution in [2.75, 3.05) is 0 Å². The number of fused-ring (bicyclic) bond motifs is 1. The van der Waals surface area contributed by atoms with E-state index >= 15 is 0 Å². The Kier molecular flexibility index (Phi) is 3.83. The van der Waals surface area contributed by atoms with Gasteiger partial charge < -0.3 is 4.42 Å². The van der Waals surface area contributed by atoms with Crippen molar-refractivity contribution in [1.82, 2.24) is 9.29 Å². The quantitative estimate of drug-likeness (QED) is 0.791. The van der Waals surface area contributed by atoms with Gasteiger partial charge in [-0.05, 0) is 36.2 Å². The van der Waals surface area contributed by atoms with E-state index in [-0.39, 0.29) is 11.4 Å². The molecule has 0 atom stereocenters. The lowest BCUT2D eigenvalue weighted by molar-refractivity contribution is 0.528. The second-order valence-electron chi connectivity index (χ2n) is 5.32. The van der Waals surface area contributed by atoms with Gasteiger partial charge in [-0.25, -0.2) is 17.9 Å². The molecule has 0 aliphatic heterocycles. The summed E-state index contributed by atoms with van der Waals surface area (Å²) >= 11 is 0. The van der Waals surface area contributed by atoms with E-state index in [0.29, 0.717) is 16.7 Å². The summed E-state index contributed by atoms with van der Waals surface area (Å²) in [6, 6.07) is 11.9. The zero-order valence-corrected chi connectivity index (χ0v) is 13.6. The molecule has 2 aromatic carbocycles. The molecule has 3 rings (SSSR count). The predicted molar refractivity (Wildman–Crippen MR) is 86.7 cm³/mol. The molecule has 0 unspecified atom stereocenters. The fourth-order valence-electron chi connectivity index (χ4n) is 2.40. The monoisotopic (exact) mass is 332 g/mol. The van der Waals surface area contributed by atoms with E-state index in [1.165, 1.54) is 4.57 Å². The minimum atomic E-state index is -3.59. The van der Waals surface area contributed by atoms with Gasteiger partial charge in [0.05, 0.1) is 10.4 Å². The van der Waals surface area contributed by atoms with Gasteiger partial charge in [0.1, 0.15) is 0 Å². The number of oxazole rings is 1. The van der Waals surface area contributed by atoms with Crippen LogP contribution in [-0.4, -0.2) is 13.0 Å². The topological polar surface area (TPSA) is 81.3 Å². The molecule has 23 heavy (non-hydrogen) atoms. The van der Waals surface area contributed by atoms with Crippen LogP contribution >= 0.6 is 0 Å². The molecule has 7 heteroatoms. The third-order valence-corrected chi connectivity index (χ3v) is 5.27. The van der Waals surface area contributed by atoms with Crippen LogP contribution in [0, 0.1) is 6.92 Å². The highest BCUT2D eigenvalue weighted by atomic mass is 32.2. The number of nitrogens with zero attached hydrogens (tertiary/aromatic N) is 1. The van der Waals surface area contributed by atoms with Crippen molar-refractivity contribution < 1.29 is 12.8 Å². The van der Waals surface area contributed by atoms with Crippen LogP contribution in [0.2, 0.25) is 0 Å². The van der Waals surface area contributed by atoms with Crippen molar-refractivity contribution in [3.63, 3.8) is 0 Å². The van der Waals surface area contributed by atoms with E-state index in [4.69, 9.17) is 4.42 Å². The molecule has 0 radical (unpaired) electrons. The van der Waals surface area contributed by atoms with Gasteiger partial charge in [0.25, 0.3) is 0 Å². The highest BCUT2D eigenvalue weighted by Crippen LogP contribution is 2.17. The Labute approximate surface area is 133 Å². The second-order valence-corrected chi connectivity index (χ2v) is 7.05. The average Bonchev–Trinajstić information content (AvgIpc) is 2.80. The molecule has 120 valence electrons. The van der Waals surface area contributed by atoms with E-state index in [9.17, 15) is 13.2 Å². The van der Waals surface area contributed by atoms with Crippen molar-refractivity contribution in [1.29, 1.82) is 0 Å². The van der Waals surface area contributed by atoms with E-state index in [0.717, 1.165) is 5.56 Å². The highest BCUT2D eigenvalue weighted by molar-refractivity contribution is 7.89. The maximum absolute atomic E-state index is 12.4. The third-order valence-electron chi connectivity index (χ3n) is 3.71. The Balaban J connectivity index is 1.87. The average molecular weight is 332 g/mol. The lowest BCUT2D eigenvalue weighted by Gasteiger charge is -2.09. The molecule has 0 saturated heterocycles. The summed E-state index contributed by atoms with van der Waals surface area (Å²) in [5.74, 6) is -0.447. The molecule has 0 amide bonds. The fourth-order valence-corrected chi connectivity index (χ4v) is 3.66. The number of aryl methyl sites for hydroxylation is 2. The number of nitrogens with one attached hydrogen (secondary N) is 1. The minimum Gasteiger partial charge on any atom is -0.408 e. The Hall–Kier alpha value is -2.38. The largest absolute Gasteiger partial charge is 0.419 e. The summed E-state index contributed by atoms with van der Waals surface area (Å²) in [5, 5.41) is 0. The Morgan fingerprint density at radius 3 is 2.65 bits per heavy atom. The maximum Gasteiger partial charge on any atom is 0.419 e. The van der Waals surface area contributed by atoms with E-state index < -0.39 is 15.8 Å². The van der Waals surface area contributed by atoms with E-state index in [2.05, 4.69) is 4.72 Å². The summed E-state index contributed by atoms with van der Waals surface area (Å²) < 4.78 is 33.8. The summed E-state index contributed by atoms with van der Waals surface area (Å²) in [6.07, 6.45) is 0. The smallest absolute Gasteiger partial charge is 0.408 e. The second kappa shape index (κ2) is 5.68. The summed E-state index contributed by atoms with van der Waals surface area (Å²) in [7, 11) is -1.98. The molecule has 1 N–H and O–H groups in total. The van der Waals surface area contributed by atoms with Gasteiger partial charge in [0.15, 0.2) is 5.58 Å². The van der Waals surface area contributed by atoms with Gasteiger partial charge in [-0.2, -0.15) is 0 Å². The maximum atomic E-state index is 12.4. The molecule has 0 aliphatic rings. The van der Waals surface area contributed by atoms with E-state index in [1.54, 1.807) is 56.4 Å². The first-order valence-electron chi connectivity index (χ1n) is 7.02. The van der Waals surface area contributed by atoms with Crippen molar-refractivity contribution >= 4 is 21.1 Å². The summed E-state index contributed by atoms with van der Waals surface area (Å²) in [5.41, 5.74) is 2.53. The molecule has 0 aliphatic carbocycles. The summed E-state index contributed by atoms with van der Waals surface area (Å²) in [4.78, 5) is 11.7. The lowest BCUT2D eigenvalue weighted by atomic mass is 10.2. The molecule has 6 nitrogen and oxygen atoms in total. The third kappa shape index (κ3) is 2.93. The molecule has 3 aromatic rings. The van der Waals surface area contributed by atoms with Crippen LogP contribution in [0.25, 0.3) is 11.1 Å². The van der Waals surface area contributed by atoms with E-state index in [1.807, 2.05) is 0 Å². The SMILES string of the molecule is Cc1ccccc1S(=O)(=O)NCc1ccc2oc(=O)n(C)c2c1. The Morgan fingerprint density at radius 2 is 1.91 bits per heavy atom. The van der Waals surface area contributed by atoms with Crippen LogP contribution in [0.1, 0.15) is 11.1 Å². The van der Waals surface area contributed by atoms with Crippen LogP contribution in [0.5, 0.6) is 0 Å². The number of hydrogen-bond donors (Lipinski definition) is 1. The van der Waals surface area contributed by atoms with Crippen molar-refractivity contribution in [3.8, 4) is 0 Å². The zero-order chi connectivity index (χ0) is 16.6. The van der Waals surface area contributed by atoms with Gasteiger partial charge in [0, 0.05) is 13.6 Å². The number of sulfonamides is 1. The van der Waals surface area contributed by atoms with Gasteiger partial charge in [-0.1, -0.05) is 24.3 Å². The fraction of sp³-hybridized carbons (Fsp3) is 0.188. The standard InChI is InChI=1S/C16H16N2O4S/c1-11-5-3-4-6-15(11)23(20,21)17-10-12-7-8-14-13(9-12)18(2)16(19)22-14/h3-9,17H,10H2,1-2H3. The lowest BCUT2D eigenvalue weighted by Crippen LogP contribution is -2.24. The molecular formula is C16H16N2O4S. The predicted octanol–water partition coefficient (Wildman–Crippen LogP) is 1.92. The normalized spacial score (nSPS) is 11.9. The van der Waals surface area contributed by atoms with Crippen LogP contribution < -0.4 is 10.5 Å². The minimum absolute atomic E-state index is 0.131. The number of benzene rings is 2. The van der Waals surface area contributed by atoms with Gasteiger partial charge in [0.2, 0.25) is 10.0 Å². The van der Waals surface area contributed by atoms with Crippen molar-refractivity contribution in [2.45, 2.75) is 18.4 Å². The molecule has 0 saturated carbocycles. The van der Waals surface area contributed by atoms with Crippen LogP contribution in [0.15, 0.2) is 56.6 Å². The molecule has 1 heterocycles. The van der Waals surface area contributed by atoms with Crippen LogP contribution in [0.3, 0.4) is 0 Å². The first kappa shape index (κ1) is 15.5. The molecule has 0 fully saturated rings. The molecule has 0 spiro atoms. The Morgan fingerprint density at radius 1 is 1.17 bits per heavy atom. The van der Waals surface area contributed by atoms with Gasteiger partial charge >= 0.3 is 5.76 Å². The summed E-state index contributed by atoms with van der Waals surface area (Å²) in [6.45, 7) is 1.88. The van der Waals surface area contributed by atoms with Crippen LogP contribution in [0.4, 0.5) is 0 Å². The zero-order valence-electron chi connectivity index (χ0n) is 12.7. The first-order chi connectivity index (χ1) is 10.9. The number of rotatable bonds is 4. The van der Waals surface area contributed by atoms with Gasteiger partial charge in [-0.15, -0.1) is 0 Å². The number of aromatic nitrogens is 1.